The number of nitrogens with zero attached hydrogens (tertiary/aromatic N) is 3. The average molecular weight is 439 g/mol. The van der Waals surface area contributed by atoms with Crippen LogP contribution in [0.5, 0.6) is 0 Å². The fourth-order valence-corrected chi connectivity index (χ4v) is 4.18. The maximum atomic E-state index is 13.2. The van der Waals surface area contributed by atoms with Crippen LogP contribution >= 0.6 is 0 Å². The van der Waals surface area contributed by atoms with E-state index >= 15 is 0 Å². The summed E-state index contributed by atoms with van der Waals surface area (Å²) in [6, 6.07) is 11.0. The Kier molecular flexibility index (Phi) is 6.39. The van der Waals surface area contributed by atoms with E-state index in [1.807, 2.05) is 12.1 Å². The summed E-state index contributed by atoms with van der Waals surface area (Å²) < 4.78 is 18.2. The van der Waals surface area contributed by atoms with E-state index in [9.17, 15) is 18.8 Å². The van der Waals surface area contributed by atoms with Gasteiger partial charge in [-0.15, -0.1) is 0 Å². The highest BCUT2D eigenvalue weighted by molar-refractivity contribution is 6.07. The number of carbonyl (C=O) groups excluding carboxylic acids is 3. The fraction of sp³-hybridized carbons (Fsp3) is 0.375. The molecule has 1 fully saturated rings. The molecule has 2 aromatic carbocycles. The van der Waals surface area contributed by atoms with Crippen molar-refractivity contribution in [1.29, 1.82) is 0 Å². The highest BCUT2D eigenvalue weighted by Crippen LogP contribution is 2.30. The third-order valence-electron chi connectivity index (χ3n) is 5.87. The van der Waals surface area contributed by atoms with Crippen molar-refractivity contribution < 1.29 is 23.5 Å². The second-order valence-corrected chi connectivity index (χ2v) is 7.89. The molecular formula is C24H26FN3O4. The van der Waals surface area contributed by atoms with Gasteiger partial charge in [-0.05, 0) is 67.8 Å². The molecule has 0 saturated carbocycles. The number of rotatable bonds is 3. The van der Waals surface area contributed by atoms with Crippen LogP contribution in [-0.2, 0) is 11.2 Å². The molecule has 2 aliphatic rings. The summed E-state index contributed by atoms with van der Waals surface area (Å²) in [5, 5.41) is 0. The number of halogens is 1. The smallest absolute Gasteiger partial charge is 0.409 e. The first-order valence-corrected chi connectivity index (χ1v) is 10.9. The fourth-order valence-electron chi connectivity index (χ4n) is 4.18. The maximum absolute atomic E-state index is 13.2. The molecule has 0 aliphatic carbocycles. The van der Waals surface area contributed by atoms with E-state index in [-0.39, 0.29) is 23.7 Å². The van der Waals surface area contributed by atoms with Gasteiger partial charge >= 0.3 is 6.09 Å². The largest absolute Gasteiger partial charge is 0.450 e. The standard InChI is InChI=1S/C24H26FN3O4/c1-2-32-24(31)27-14-12-26(13-15-27)22(29)19-7-10-21-18(16-19)4-3-11-28(21)23(30)17-5-8-20(25)9-6-17/h5-10,16H,2-4,11-15H2,1H3. The van der Waals surface area contributed by atoms with Crippen LogP contribution < -0.4 is 4.90 Å². The van der Waals surface area contributed by atoms with Gasteiger partial charge in [-0.25, -0.2) is 9.18 Å². The number of benzene rings is 2. The van der Waals surface area contributed by atoms with Gasteiger partial charge in [0.25, 0.3) is 11.8 Å². The van der Waals surface area contributed by atoms with Crippen molar-refractivity contribution in [3.05, 3.63) is 65.0 Å². The van der Waals surface area contributed by atoms with E-state index < -0.39 is 0 Å². The summed E-state index contributed by atoms with van der Waals surface area (Å²) in [7, 11) is 0. The minimum Gasteiger partial charge on any atom is -0.450 e. The molecule has 4 rings (SSSR count). The number of carbonyl (C=O) groups is 3. The molecule has 0 bridgehead atoms. The Morgan fingerprint density at radius 1 is 0.875 bits per heavy atom. The molecule has 0 radical (unpaired) electrons. The predicted octanol–water partition coefficient (Wildman–Crippen LogP) is 3.33. The second kappa shape index (κ2) is 9.38. The third-order valence-corrected chi connectivity index (χ3v) is 5.87. The van der Waals surface area contributed by atoms with Gasteiger partial charge in [-0.1, -0.05) is 0 Å². The summed E-state index contributed by atoms with van der Waals surface area (Å²) >= 11 is 0. The molecule has 168 valence electrons. The molecule has 3 amide bonds. The normalized spacial score (nSPS) is 15.9. The first-order valence-electron chi connectivity index (χ1n) is 10.9. The quantitative estimate of drug-likeness (QED) is 0.736. The number of amides is 3. The Hall–Kier alpha value is -3.42. The van der Waals surface area contributed by atoms with Crippen LogP contribution in [0.4, 0.5) is 14.9 Å². The van der Waals surface area contributed by atoms with Crippen molar-refractivity contribution in [2.45, 2.75) is 19.8 Å². The van der Waals surface area contributed by atoms with E-state index in [4.69, 9.17) is 4.74 Å². The van der Waals surface area contributed by atoms with Crippen molar-refractivity contribution >= 4 is 23.6 Å². The van der Waals surface area contributed by atoms with Crippen molar-refractivity contribution in [3.8, 4) is 0 Å². The number of fused-ring (bicyclic) bond motifs is 1. The molecular weight excluding hydrogens is 413 g/mol. The zero-order valence-electron chi connectivity index (χ0n) is 18.1. The van der Waals surface area contributed by atoms with Crippen molar-refractivity contribution in [3.63, 3.8) is 0 Å². The molecule has 0 unspecified atom stereocenters. The Morgan fingerprint density at radius 2 is 1.53 bits per heavy atom. The average Bonchev–Trinajstić information content (AvgIpc) is 2.83. The third kappa shape index (κ3) is 4.44. The van der Waals surface area contributed by atoms with Gasteiger partial charge in [0.1, 0.15) is 5.82 Å². The Morgan fingerprint density at radius 3 is 2.22 bits per heavy atom. The van der Waals surface area contributed by atoms with Gasteiger partial charge in [0, 0.05) is 49.5 Å². The minimum absolute atomic E-state index is 0.0849. The van der Waals surface area contributed by atoms with Crippen LogP contribution in [0.2, 0.25) is 0 Å². The van der Waals surface area contributed by atoms with Crippen LogP contribution in [0.15, 0.2) is 42.5 Å². The highest BCUT2D eigenvalue weighted by Gasteiger charge is 2.28. The summed E-state index contributed by atoms with van der Waals surface area (Å²) in [6.07, 6.45) is 1.22. The Bertz CT molecular complexity index is 1020. The van der Waals surface area contributed by atoms with Crippen molar-refractivity contribution in [1.82, 2.24) is 9.80 Å². The zero-order valence-corrected chi connectivity index (χ0v) is 18.1. The van der Waals surface area contributed by atoms with E-state index in [0.29, 0.717) is 50.5 Å². The van der Waals surface area contributed by atoms with Crippen LogP contribution in [0.25, 0.3) is 0 Å². The van der Waals surface area contributed by atoms with Gasteiger partial charge in [-0.2, -0.15) is 0 Å². The number of aryl methyl sites for hydroxylation is 1. The van der Waals surface area contributed by atoms with Crippen LogP contribution in [0.1, 0.15) is 39.6 Å². The molecule has 7 nitrogen and oxygen atoms in total. The van der Waals surface area contributed by atoms with Crippen LogP contribution in [0, 0.1) is 5.82 Å². The van der Waals surface area contributed by atoms with Gasteiger partial charge in [0.15, 0.2) is 0 Å². The molecule has 8 heteroatoms. The van der Waals surface area contributed by atoms with E-state index in [0.717, 1.165) is 24.1 Å². The van der Waals surface area contributed by atoms with Gasteiger partial charge < -0.3 is 19.4 Å². The molecule has 2 aromatic rings. The number of anilines is 1. The van der Waals surface area contributed by atoms with Gasteiger partial charge in [0.05, 0.1) is 6.61 Å². The molecule has 0 atom stereocenters. The van der Waals surface area contributed by atoms with Gasteiger partial charge in [0.2, 0.25) is 0 Å². The molecule has 32 heavy (non-hydrogen) atoms. The lowest BCUT2D eigenvalue weighted by molar-refractivity contribution is 0.0570. The van der Waals surface area contributed by atoms with Crippen molar-refractivity contribution in [2.24, 2.45) is 0 Å². The van der Waals surface area contributed by atoms with E-state index in [1.54, 1.807) is 27.7 Å². The molecule has 0 spiro atoms. The lowest BCUT2D eigenvalue weighted by Crippen LogP contribution is -2.50. The molecule has 2 heterocycles. The molecule has 2 aliphatic heterocycles. The van der Waals surface area contributed by atoms with E-state index in [1.165, 1.54) is 24.3 Å². The summed E-state index contributed by atoms with van der Waals surface area (Å²) in [5.74, 6) is -0.648. The number of hydrogen-bond donors (Lipinski definition) is 0. The lowest BCUT2D eigenvalue weighted by Gasteiger charge is -2.34. The Labute approximate surface area is 186 Å². The maximum Gasteiger partial charge on any atom is 0.409 e. The monoisotopic (exact) mass is 439 g/mol. The predicted molar refractivity (Wildman–Crippen MR) is 117 cm³/mol. The minimum atomic E-state index is -0.383. The summed E-state index contributed by atoms with van der Waals surface area (Å²) in [6.45, 7) is 4.45. The van der Waals surface area contributed by atoms with Gasteiger partial charge in [-0.3, -0.25) is 9.59 Å². The second-order valence-electron chi connectivity index (χ2n) is 7.89. The first kappa shape index (κ1) is 21.8. The molecule has 0 aromatic heterocycles. The topological polar surface area (TPSA) is 70.2 Å². The SMILES string of the molecule is CCOC(=O)N1CCN(C(=O)c2ccc3c(c2)CCCN3C(=O)c2ccc(F)cc2)CC1. The first-order chi connectivity index (χ1) is 15.5. The van der Waals surface area contributed by atoms with E-state index in [2.05, 4.69) is 0 Å². The number of ether oxygens (including phenoxy) is 1. The van der Waals surface area contributed by atoms with Crippen LogP contribution in [-0.4, -0.2) is 67.0 Å². The highest BCUT2D eigenvalue weighted by atomic mass is 19.1. The zero-order chi connectivity index (χ0) is 22.7. The van der Waals surface area contributed by atoms with Crippen LogP contribution in [0.3, 0.4) is 0 Å². The summed E-state index contributed by atoms with van der Waals surface area (Å²) in [5.41, 5.74) is 2.74. The lowest BCUT2D eigenvalue weighted by atomic mass is 9.97. The molecule has 0 N–H and O–H groups in total. The summed E-state index contributed by atoms with van der Waals surface area (Å²) in [4.78, 5) is 42.9. The Balaban J connectivity index is 1.47. The molecule has 1 saturated heterocycles. The van der Waals surface area contributed by atoms with Crippen molar-refractivity contribution in [2.75, 3.05) is 44.2 Å². The number of hydrogen-bond acceptors (Lipinski definition) is 4. The number of piperazine rings is 1.